The molecule has 0 radical (unpaired) electrons. The topological polar surface area (TPSA) is 77.6 Å². The number of pyridine rings is 1. The predicted octanol–water partition coefficient (Wildman–Crippen LogP) is 3.96. The standard InChI is InChI=1S/C23H24N6O/c1-16-13-19(21-22(25-16)29-12-4-2-3-9-20(29)27-21)23(30)26-18-8-5-7-17(14-18)15-28-11-6-10-24-28/h5-8,10-11,13-14H,2-4,9,12,15H2,1H3,(H,26,30). The number of carbonyl (C=O) groups excluding carboxylic acids is 1. The Morgan fingerprint density at radius 3 is 2.93 bits per heavy atom. The van der Waals surface area contributed by atoms with Crippen molar-refractivity contribution in [3.63, 3.8) is 0 Å². The highest BCUT2D eigenvalue weighted by Gasteiger charge is 2.21. The molecule has 0 aliphatic carbocycles. The molecule has 0 saturated carbocycles. The molecular formula is C23H24N6O. The van der Waals surface area contributed by atoms with Gasteiger partial charge in [0.1, 0.15) is 11.3 Å². The van der Waals surface area contributed by atoms with Crippen LogP contribution in [0.25, 0.3) is 11.2 Å². The van der Waals surface area contributed by atoms with Crippen molar-refractivity contribution in [3.8, 4) is 0 Å². The average molecular weight is 400 g/mol. The van der Waals surface area contributed by atoms with E-state index in [0.717, 1.165) is 54.2 Å². The number of nitrogens with one attached hydrogen (secondary N) is 1. The van der Waals surface area contributed by atoms with Crippen LogP contribution >= 0.6 is 0 Å². The molecule has 1 aromatic carbocycles. The van der Waals surface area contributed by atoms with Crippen molar-refractivity contribution >= 4 is 22.8 Å². The van der Waals surface area contributed by atoms with Crippen LogP contribution < -0.4 is 5.32 Å². The van der Waals surface area contributed by atoms with Crippen LogP contribution in [0.15, 0.2) is 48.8 Å². The molecule has 0 atom stereocenters. The highest BCUT2D eigenvalue weighted by atomic mass is 16.1. The fourth-order valence-corrected chi connectivity index (χ4v) is 4.12. The van der Waals surface area contributed by atoms with Crippen LogP contribution in [0.3, 0.4) is 0 Å². The van der Waals surface area contributed by atoms with Gasteiger partial charge in [-0.2, -0.15) is 5.10 Å². The molecular weight excluding hydrogens is 376 g/mol. The van der Waals surface area contributed by atoms with Gasteiger partial charge in [-0.25, -0.2) is 9.97 Å². The zero-order valence-corrected chi connectivity index (χ0v) is 17.0. The van der Waals surface area contributed by atoms with Crippen LogP contribution in [0.4, 0.5) is 5.69 Å². The zero-order chi connectivity index (χ0) is 20.5. The molecule has 5 rings (SSSR count). The fourth-order valence-electron chi connectivity index (χ4n) is 4.12. The van der Waals surface area contributed by atoms with Gasteiger partial charge in [0.25, 0.3) is 5.91 Å². The Kier molecular flexibility index (Phi) is 4.78. The van der Waals surface area contributed by atoms with Gasteiger partial charge >= 0.3 is 0 Å². The molecule has 1 amide bonds. The van der Waals surface area contributed by atoms with Crippen LogP contribution in [-0.2, 0) is 19.5 Å². The molecule has 1 aliphatic heterocycles. The summed E-state index contributed by atoms with van der Waals surface area (Å²) in [5, 5.41) is 7.29. The van der Waals surface area contributed by atoms with Crippen molar-refractivity contribution in [2.45, 2.75) is 45.7 Å². The molecule has 7 heteroatoms. The second-order valence-electron chi connectivity index (χ2n) is 7.83. The van der Waals surface area contributed by atoms with Crippen LogP contribution in [-0.4, -0.2) is 30.2 Å². The number of amides is 1. The van der Waals surface area contributed by atoms with Crippen LogP contribution in [0.2, 0.25) is 0 Å². The Hall–Kier alpha value is -3.48. The Balaban J connectivity index is 1.45. The van der Waals surface area contributed by atoms with E-state index in [1.807, 2.05) is 54.2 Å². The fraction of sp³-hybridized carbons (Fsp3) is 0.304. The lowest BCUT2D eigenvalue weighted by Crippen LogP contribution is -2.14. The molecule has 30 heavy (non-hydrogen) atoms. The number of aryl methyl sites for hydroxylation is 3. The summed E-state index contributed by atoms with van der Waals surface area (Å²) in [6.45, 7) is 3.50. The van der Waals surface area contributed by atoms with E-state index in [-0.39, 0.29) is 5.91 Å². The summed E-state index contributed by atoms with van der Waals surface area (Å²) in [7, 11) is 0. The quantitative estimate of drug-likeness (QED) is 0.562. The lowest BCUT2D eigenvalue weighted by Gasteiger charge is -2.09. The summed E-state index contributed by atoms with van der Waals surface area (Å²) >= 11 is 0. The smallest absolute Gasteiger partial charge is 0.258 e. The summed E-state index contributed by atoms with van der Waals surface area (Å²) in [6.07, 6.45) is 8.08. The number of benzene rings is 1. The molecule has 1 aliphatic rings. The lowest BCUT2D eigenvalue weighted by molar-refractivity contribution is 0.102. The molecule has 0 unspecified atom stereocenters. The molecule has 1 N–H and O–H groups in total. The maximum absolute atomic E-state index is 13.2. The summed E-state index contributed by atoms with van der Waals surface area (Å²) in [6, 6.07) is 11.6. The number of rotatable bonds is 4. The largest absolute Gasteiger partial charge is 0.322 e. The van der Waals surface area contributed by atoms with Crippen molar-refractivity contribution < 1.29 is 4.79 Å². The first kappa shape index (κ1) is 18.5. The summed E-state index contributed by atoms with van der Waals surface area (Å²) < 4.78 is 4.05. The minimum Gasteiger partial charge on any atom is -0.322 e. The highest BCUT2D eigenvalue weighted by molar-refractivity contribution is 6.11. The highest BCUT2D eigenvalue weighted by Crippen LogP contribution is 2.25. The van der Waals surface area contributed by atoms with Crippen LogP contribution in [0, 0.1) is 6.92 Å². The number of nitrogens with zero attached hydrogens (tertiary/aromatic N) is 5. The van der Waals surface area contributed by atoms with Gasteiger partial charge in [-0.05, 0) is 49.6 Å². The number of imidazole rings is 1. The first-order valence-electron chi connectivity index (χ1n) is 10.4. The second-order valence-corrected chi connectivity index (χ2v) is 7.83. The summed E-state index contributed by atoms with van der Waals surface area (Å²) in [4.78, 5) is 22.7. The van der Waals surface area contributed by atoms with E-state index >= 15 is 0 Å². The maximum atomic E-state index is 13.2. The minimum atomic E-state index is -0.157. The third-order valence-electron chi connectivity index (χ3n) is 5.53. The number of hydrogen-bond donors (Lipinski definition) is 1. The molecule has 0 spiro atoms. The van der Waals surface area contributed by atoms with E-state index in [1.54, 1.807) is 6.20 Å². The Labute approximate surface area is 174 Å². The number of hydrogen-bond acceptors (Lipinski definition) is 4. The van der Waals surface area contributed by atoms with Gasteiger partial charge in [0, 0.05) is 36.7 Å². The summed E-state index contributed by atoms with van der Waals surface area (Å²) in [5.74, 6) is 0.880. The van der Waals surface area contributed by atoms with Gasteiger partial charge in [-0.15, -0.1) is 0 Å². The van der Waals surface area contributed by atoms with E-state index in [2.05, 4.69) is 15.0 Å². The van der Waals surface area contributed by atoms with E-state index in [0.29, 0.717) is 17.6 Å². The Bertz CT molecular complexity index is 1210. The van der Waals surface area contributed by atoms with Gasteiger partial charge in [-0.3, -0.25) is 9.48 Å². The molecule has 4 heterocycles. The van der Waals surface area contributed by atoms with Crippen LogP contribution in [0.1, 0.15) is 46.7 Å². The number of aromatic nitrogens is 5. The number of anilines is 1. The van der Waals surface area contributed by atoms with Crippen molar-refractivity contribution in [2.24, 2.45) is 0 Å². The van der Waals surface area contributed by atoms with E-state index in [9.17, 15) is 4.79 Å². The number of carbonyl (C=O) groups is 1. The second kappa shape index (κ2) is 7.74. The predicted molar refractivity (Wildman–Crippen MR) is 116 cm³/mol. The van der Waals surface area contributed by atoms with E-state index in [4.69, 9.17) is 9.97 Å². The first-order valence-corrected chi connectivity index (χ1v) is 10.4. The molecule has 4 aromatic rings. The normalized spacial score (nSPS) is 13.8. The van der Waals surface area contributed by atoms with E-state index < -0.39 is 0 Å². The molecule has 0 bridgehead atoms. The van der Waals surface area contributed by atoms with Crippen LogP contribution in [0.5, 0.6) is 0 Å². The molecule has 7 nitrogen and oxygen atoms in total. The molecule has 0 saturated heterocycles. The third kappa shape index (κ3) is 3.58. The molecule has 0 fully saturated rings. The zero-order valence-electron chi connectivity index (χ0n) is 17.0. The average Bonchev–Trinajstić information content (AvgIpc) is 3.29. The van der Waals surface area contributed by atoms with E-state index in [1.165, 1.54) is 6.42 Å². The third-order valence-corrected chi connectivity index (χ3v) is 5.53. The Morgan fingerprint density at radius 2 is 2.07 bits per heavy atom. The van der Waals surface area contributed by atoms with Crippen molar-refractivity contribution in [2.75, 3.05) is 5.32 Å². The maximum Gasteiger partial charge on any atom is 0.258 e. The first-order chi connectivity index (χ1) is 14.7. The van der Waals surface area contributed by atoms with Crippen molar-refractivity contribution in [1.82, 2.24) is 24.3 Å². The van der Waals surface area contributed by atoms with Crippen molar-refractivity contribution in [1.29, 1.82) is 0 Å². The SMILES string of the molecule is Cc1cc(C(=O)Nc2cccc(Cn3cccn3)c2)c2nc3n(c2n1)CCCCC3. The van der Waals surface area contributed by atoms with Gasteiger partial charge < -0.3 is 9.88 Å². The van der Waals surface area contributed by atoms with Gasteiger partial charge in [0.2, 0.25) is 0 Å². The Morgan fingerprint density at radius 1 is 1.13 bits per heavy atom. The lowest BCUT2D eigenvalue weighted by atomic mass is 10.1. The minimum absolute atomic E-state index is 0.157. The van der Waals surface area contributed by atoms with Gasteiger partial charge in [0.15, 0.2) is 5.65 Å². The molecule has 3 aromatic heterocycles. The number of fused-ring (bicyclic) bond motifs is 3. The van der Waals surface area contributed by atoms with Crippen molar-refractivity contribution in [3.05, 3.63) is 71.4 Å². The van der Waals surface area contributed by atoms with Gasteiger partial charge in [-0.1, -0.05) is 18.6 Å². The monoisotopic (exact) mass is 400 g/mol. The molecule has 152 valence electrons. The van der Waals surface area contributed by atoms with Gasteiger partial charge in [0.05, 0.1) is 12.1 Å². The summed E-state index contributed by atoms with van der Waals surface area (Å²) in [5.41, 5.74) is 4.75.